The van der Waals surface area contributed by atoms with Gasteiger partial charge in [0.25, 0.3) is 0 Å². The SMILES string of the molecule is CC(C)c1cc[c-]c(-c2nccc3ccccc23)c1.CC1N=CN=C1c1[c-]c2oc3cc4c5c(cccc5c3c2cc1)CC=C4.CC1N=CN=C1c1[c-]cc2c(c1)sc1cc3c4c(c12)C=CC1=CC=CC(=CC3)C14.Cc1[c-]c(-c2nccc3ccccc23)cc(C)c1.Cn1ccnc1-c1[c-]ccc2c1oc1ccc3cc4ccccc4cc3c12.[Ir].[Ir].[Ir].[c-]1ccc2cc(-c3ccncc3)ccc2c1-c1ccccn1. The summed E-state index contributed by atoms with van der Waals surface area (Å²) < 4.78 is 17.2. The minimum absolute atomic E-state index is 0. The van der Waals surface area contributed by atoms with Crippen LogP contribution in [0.25, 0.3) is 197 Å². The number of allylic oxidation sites excluding steroid dienone is 8. The number of aromatic nitrogens is 6. The summed E-state index contributed by atoms with van der Waals surface area (Å²) in [5.74, 6) is 1.77. The molecule has 144 heavy (non-hydrogen) atoms. The van der Waals surface area contributed by atoms with Gasteiger partial charge in [0.05, 0.1) is 41.8 Å². The Balaban J connectivity index is 0.000000102. The molecular weight excluding hydrogens is 2320 g/mol. The maximum atomic E-state index is 6.30. The normalized spacial score (nSPS) is 14.7. The summed E-state index contributed by atoms with van der Waals surface area (Å²) in [5, 5.41) is 21.9. The van der Waals surface area contributed by atoms with E-state index in [0.717, 1.165) is 125 Å². The van der Waals surface area contributed by atoms with Crippen molar-refractivity contribution in [1.29, 1.82) is 0 Å². The Kier molecular flexibility index (Phi) is 26.8. The van der Waals surface area contributed by atoms with Crippen molar-refractivity contribution in [3.05, 3.63) is 450 Å². The Bertz CT molecular complexity index is 9310. The Morgan fingerprint density at radius 3 is 1.91 bits per heavy atom. The number of pyridine rings is 4. The smallest absolute Gasteiger partial charge is 0.124 e. The van der Waals surface area contributed by atoms with Crippen LogP contribution < -0.4 is 0 Å². The molecular formula is C128H90Ir3N10O2S-6. The summed E-state index contributed by atoms with van der Waals surface area (Å²) in [4.78, 5) is 39.6. The Hall–Kier alpha value is -15.2. The molecule has 0 spiro atoms. The monoisotopic (exact) mass is 2410 g/mol. The maximum Gasteiger partial charge on any atom is 0.124 e. The standard InChI is InChI=1S/C26H17N2S.C24H15N2O.C23H15N2O.C20H13N2.C18H16N.C17H14N.3Ir/c1-14-26(28-13-27-14)18-8-9-19-21(12-18)29-22-11-17-6-5-15-3-2-4-16-7-10-20(25(19)22)24(17)23(15)16;1-26-12-11-25-24(26)19-8-4-7-18-22-20-14-16-6-3-2-5-15(16)13-17(20)9-10-21(22)27-23(18)19;1-13-23(25-12-24-13)16-8-9-17-19(11-16)26-20-10-15-6-2-4-14-5-3-7-18(21(14)15)22(17)20;1-2-11-22-20(6-1)19-5-3-4-17-14-16(7-8-18(17)19)15-9-12-21-13-10-15;1-13(2)15-7-5-8-16(12-15)18-17-9-4-3-6-14(17)10-11-19-18;1-12-9-13(2)11-15(10-12)17-16-6-4-3-5-14(16)7-8-18-17;;;/h2-5,7,9-14,23H,6H2,1H3;2-7,9-14H,1H3;2-3,5-10,12-13H,4H2,1H3;1-4,6-14H;3-7,9-13H,1-2H3;3-10H,1-2H3;;;/q6*-1;;;. The van der Waals surface area contributed by atoms with Crippen LogP contribution in [0.3, 0.4) is 0 Å². The van der Waals surface area contributed by atoms with Gasteiger partial charge in [-0.2, -0.15) is 11.3 Å². The van der Waals surface area contributed by atoms with Gasteiger partial charge in [-0.1, -0.05) is 237 Å². The molecule has 6 aliphatic rings. The minimum atomic E-state index is 0. The van der Waals surface area contributed by atoms with E-state index < -0.39 is 0 Å². The molecule has 10 heterocycles. The van der Waals surface area contributed by atoms with Crippen molar-refractivity contribution < 1.29 is 69.2 Å². The van der Waals surface area contributed by atoms with Gasteiger partial charge in [-0.05, 0) is 241 Å². The number of fused-ring (bicyclic) bond motifs is 17. The minimum Gasteiger partial charge on any atom is -0.501 e. The molecule has 0 N–H and O–H groups in total. The average Bonchev–Trinajstić information content (AvgIpc) is 1.47. The Morgan fingerprint density at radius 1 is 0.444 bits per heavy atom. The molecule has 15 aromatic carbocycles. The molecule has 29 rings (SSSR count). The van der Waals surface area contributed by atoms with Gasteiger partial charge in [0.2, 0.25) is 0 Å². The first-order valence-corrected chi connectivity index (χ1v) is 48.6. The van der Waals surface area contributed by atoms with E-state index in [0.29, 0.717) is 11.8 Å². The van der Waals surface area contributed by atoms with E-state index in [-0.39, 0.29) is 72.4 Å². The van der Waals surface area contributed by atoms with E-state index in [1.807, 2.05) is 128 Å². The van der Waals surface area contributed by atoms with Crippen LogP contribution in [0.1, 0.15) is 95.2 Å². The summed E-state index contributed by atoms with van der Waals surface area (Å²) >= 11 is 1.89. The number of nitrogens with zero attached hydrogens (tertiary/aromatic N) is 10. The molecule has 2 aliphatic heterocycles. The second kappa shape index (κ2) is 40.7. The molecule has 12 nitrogen and oxygen atoms in total. The molecule has 0 saturated heterocycles. The number of aliphatic imine (C=N–C) groups is 4. The van der Waals surface area contributed by atoms with Crippen LogP contribution in [0, 0.1) is 50.2 Å². The van der Waals surface area contributed by atoms with Crippen LogP contribution in [-0.2, 0) is 80.2 Å². The average molecular weight is 2410 g/mol. The fourth-order valence-corrected chi connectivity index (χ4v) is 22.0. The van der Waals surface area contributed by atoms with Crippen molar-refractivity contribution in [3.63, 3.8) is 0 Å². The van der Waals surface area contributed by atoms with Gasteiger partial charge < -0.3 is 28.4 Å². The van der Waals surface area contributed by atoms with Crippen LogP contribution in [0.5, 0.6) is 0 Å². The quantitative estimate of drug-likeness (QED) is 0.109. The fraction of sp³-hybridized carbons (Fsp3) is 0.102. The molecule has 0 amide bonds. The second-order valence-corrected chi connectivity index (χ2v) is 37.9. The largest absolute Gasteiger partial charge is 0.501 e. The van der Waals surface area contributed by atoms with E-state index >= 15 is 0 Å². The third kappa shape index (κ3) is 18.0. The van der Waals surface area contributed by atoms with Crippen LogP contribution in [-0.4, -0.2) is 65.7 Å². The number of imidazole rings is 1. The van der Waals surface area contributed by atoms with E-state index in [4.69, 9.17) is 8.83 Å². The first kappa shape index (κ1) is 95.0. The molecule has 3 radical (unpaired) electrons. The number of hydrogen-bond acceptors (Lipinski definition) is 12. The molecule has 8 aromatic heterocycles. The Morgan fingerprint density at radius 2 is 1.16 bits per heavy atom. The van der Waals surface area contributed by atoms with Crippen LogP contribution in [0.4, 0.5) is 0 Å². The fourth-order valence-electron chi connectivity index (χ4n) is 20.8. The van der Waals surface area contributed by atoms with Crippen LogP contribution in [0.15, 0.2) is 387 Å². The maximum absolute atomic E-state index is 6.30. The molecule has 0 fully saturated rings. The van der Waals surface area contributed by atoms with Crippen molar-refractivity contribution in [2.24, 2.45) is 27.0 Å². The number of hydrogen-bond donors (Lipinski definition) is 0. The van der Waals surface area contributed by atoms with Gasteiger partial charge >= 0.3 is 0 Å². The van der Waals surface area contributed by atoms with Crippen molar-refractivity contribution >= 4 is 176 Å². The molecule has 3 unspecified atom stereocenters. The number of furan rings is 2. The summed E-state index contributed by atoms with van der Waals surface area (Å²) in [6.45, 7) is 12.7. The van der Waals surface area contributed by atoms with Crippen molar-refractivity contribution in [2.45, 2.75) is 78.3 Å². The number of rotatable bonds is 8. The molecule has 23 aromatic rings. The molecule has 16 heteroatoms. The summed E-state index contributed by atoms with van der Waals surface area (Å²) in [6, 6.07) is 113. The van der Waals surface area contributed by atoms with E-state index in [1.165, 1.54) is 151 Å². The third-order valence-corrected chi connectivity index (χ3v) is 28.6. The molecule has 4 aliphatic carbocycles. The van der Waals surface area contributed by atoms with Gasteiger partial charge in [-0.15, -0.1) is 159 Å². The van der Waals surface area contributed by atoms with E-state index in [1.54, 1.807) is 18.9 Å². The van der Waals surface area contributed by atoms with Crippen molar-refractivity contribution in [1.82, 2.24) is 29.5 Å². The third-order valence-electron chi connectivity index (χ3n) is 27.5. The van der Waals surface area contributed by atoms with Crippen molar-refractivity contribution in [3.8, 4) is 56.3 Å². The molecule has 0 bridgehead atoms. The zero-order valence-electron chi connectivity index (χ0n) is 79.6. The number of thiophene rings is 1. The van der Waals surface area contributed by atoms with Crippen LogP contribution in [0.2, 0.25) is 0 Å². The number of benzene rings is 15. The predicted octanol–water partition coefficient (Wildman–Crippen LogP) is 31.5. The zero-order valence-corrected chi connectivity index (χ0v) is 87.6. The van der Waals surface area contributed by atoms with Gasteiger partial charge in [0, 0.05) is 127 Å². The predicted molar refractivity (Wildman–Crippen MR) is 585 cm³/mol. The topological polar surface area (TPSA) is 145 Å². The van der Waals surface area contributed by atoms with Crippen molar-refractivity contribution in [2.75, 3.05) is 0 Å². The first-order valence-electron chi connectivity index (χ1n) is 47.8. The van der Waals surface area contributed by atoms with Crippen LogP contribution >= 0.6 is 11.3 Å². The second-order valence-electron chi connectivity index (χ2n) is 36.8. The molecule has 0 saturated carbocycles. The Labute approximate surface area is 878 Å². The molecule has 703 valence electrons. The summed E-state index contributed by atoms with van der Waals surface area (Å²) in [7, 11) is 1.99. The van der Waals surface area contributed by atoms with Gasteiger partial charge in [-0.3, -0.25) is 29.9 Å². The number of aryl methyl sites for hydroxylation is 3. The summed E-state index contributed by atoms with van der Waals surface area (Å²) in [5.41, 5.74) is 30.4. The molecule has 3 atom stereocenters. The van der Waals surface area contributed by atoms with Gasteiger partial charge in [0.15, 0.2) is 0 Å². The van der Waals surface area contributed by atoms with Gasteiger partial charge in [-0.25, -0.2) is 0 Å². The summed E-state index contributed by atoms with van der Waals surface area (Å²) in [6.07, 6.45) is 36.4. The first-order chi connectivity index (χ1) is 69.3. The van der Waals surface area contributed by atoms with E-state index in [9.17, 15) is 0 Å². The zero-order chi connectivity index (χ0) is 94.9. The van der Waals surface area contributed by atoms with E-state index in [2.05, 4.69) is 371 Å². The van der Waals surface area contributed by atoms with Gasteiger partial charge in [0.1, 0.15) is 11.2 Å².